The van der Waals surface area contributed by atoms with Crippen molar-refractivity contribution in [3.8, 4) is 0 Å². The van der Waals surface area contributed by atoms with Crippen molar-refractivity contribution < 1.29 is 13.0 Å². The first-order chi connectivity index (χ1) is 4.91. The molecule has 0 unspecified atom stereocenters. The second-order valence-electron chi connectivity index (χ2n) is 2.04. The Balaban J connectivity index is 0. The van der Waals surface area contributed by atoms with Gasteiger partial charge in [-0.1, -0.05) is 13.3 Å². The highest BCUT2D eigenvalue weighted by Gasteiger charge is 1.81. The average molecular weight is 184 g/mol. The number of unbranched alkanes of at least 4 members (excludes halogenated alkanes) is 1. The summed E-state index contributed by atoms with van der Waals surface area (Å²) in [6.07, 6.45) is 3.10. The van der Waals surface area contributed by atoms with E-state index >= 15 is 0 Å². The van der Waals surface area contributed by atoms with Crippen molar-refractivity contribution in [3.63, 3.8) is 0 Å². The fraction of sp³-hybridized carbons (Fsp3) is 1.00. The van der Waals surface area contributed by atoms with Crippen LogP contribution in [0.3, 0.4) is 0 Å². The maximum absolute atomic E-state index is 9.19. The van der Waals surface area contributed by atoms with Gasteiger partial charge in [0.05, 0.1) is 6.26 Å². The van der Waals surface area contributed by atoms with E-state index in [1.807, 2.05) is 0 Å². The first-order valence-electron chi connectivity index (χ1n) is 3.27. The van der Waals surface area contributed by atoms with E-state index in [1.54, 1.807) is 0 Å². The normalized spacial score (nSPS) is 10.2. The Morgan fingerprint density at radius 2 is 1.91 bits per heavy atom. The van der Waals surface area contributed by atoms with Gasteiger partial charge in [-0.15, -0.1) is 0 Å². The molecule has 5 nitrogen and oxygen atoms in total. The van der Waals surface area contributed by atoms with Gasteiger partial charge in [-0.25, -0.2) is 0 Å². The summed E-state index contributed by atoms with van der Waals surface area (Å²) in [4.78, 5) is 0. The van der Waals surface area contributed by atoms with Gasteiger partial charge in [-0.3, -0.25) is 15.8 Å². The number of nitrogens with two attached hydrogens (primary N) is 1. The molecule has 0 aliphatic carbocycles. The predicted octanol–water partition coefficient (Wildman–Crippen LogP) is -0.246. The van der Waals surface area contributed by atoms with Crippen molar-refractivity contribution in [1.29, 1.82) is 0 Å². The van der Waals surface area contributed by atoms with Crippen LogP contribution < -0.4 is 11.3 Å². The minimum atomic E-state index is -3.67. The Morgan fingerprint density at radius 3 is 2.00 bits per heavy atom. The average Bonchev–Trinajstić information content (AvgIpc) is 1.79. The van der Waals surface area contributed by atoms with Crippen LogP contribution in [0.25, 0.3) is 0 Å². The lowest BCUT2D eigenvalue weighted by molar-refractivity contribution is 0.490. The topological polar surface area (TPSA) is 92.4 Å². The molecule has 0 atom stereocenters. The smallest absolute Gasteiger partial charge is 0.261 e. The Labute approximate surface area is 67.7 Å². The molecule has 0 aromatic heterocycles. The molecule has 70 valence electrons. The van der Waals surface area contributed by atoms with Gasteiger partial charge in [0, 0.05) is 6.54 Å². The number of hydrogen-bond acceptors (Lipinski definition) is 4. The second-order valence-corrected chi connectivity index (χ2v) is 3.51. The zero-order valence-electron chi connectivity index (χ0n) is 6.87. The Morgan fingerprint density at radius 1 is 1.55 bits per heavy atom. The largest absolute Gasteiger partial charge is 0.286 e. The van der Waals surface area contributed by atoms with Crippen LogP contribution in [0.5, 0.6) is 0 Å². The van der Waals surface area contributed by atoms with E-state index in [0.29, 0.717) is 6.26 Å². The first kappa shape index (κ1) is 13.4. The van der Waals surface area contributed by atoms with E-state index < -0.39 is 10.1 Å². The molecule has 0 aliphatic rings. The Bertz CT molecular complexity index is 143. The van der Waals surface area contributed by atoms with Gasteiger partial charge in [0.2, 0.25) is 0 Å². The Kier molecular flexibility index (Phi) is 9.68. The molecule has 0 radical (unpaired) electrons. The van der Waals surface area contributed by atoms with Crippen LogP contribution in [0.15, 0.2) is 0 Å². The zero-order chi connectivity index (χ0) is 9.33. The molecule has 6 heteroatoms. The molecule has 0 fully saturated rings. The summed E-state index contributed by atoms with van der Waals surface area (Å²) in [5.41, 5.74) is 2.57. The lowest BCUT2D eigenvalue weighted by Crippen LogP contribution is -2.22. The molecule has 0 bridgehead atoms. The van der Waals surface area contributed by atoms with Crippen LogP contribution in [-0.2, 0) is 10.1 Å². The third-order valence-corrected chi connectivity index (χ3v) is 0.675. The summed E-state index contributed by atoms with van der Waals surface area (Å²) < 4.78 is 25.9. The van der Waals surface area contributed by atoms with Gasteiger partial charge in [0.25, 0.3) is 10.1 Å². The lowest BCUT2D eigenvalue weighted by Gasteiger charge is -1.89. The van der Waals surface area contributed by atoms with Crippen molar-refractivity contribution in [2.75, 3.05) is 12.8 Å². The molecule has 0 spiro atoms. The molecule has 0 heterocycles. The van der Waals surface area contributed by atoms with E-state index in [1.165, 1.54) is 12.8 Å². The number of hydrogen-bond donors (Lipinski definition) is 3. The fourth-order valence-electron chi connectivity index (χ4n) is 0.279. The van der Waals surface area contributed by atoms with E-state index in [2.05, 4.69) is 12.3 Å². The van der Waals surface area contributed by atoms with Gasteiger partial charge in [-0.2, -0.15) is 8.42 Å². The summed E-state index contributed by atoms with van der Waals surface area (Å²) in [5.74, 6) is 4.96. The molecular weight excluding hydrogens is 168 g/mol. The van der Waals surface area contributed by atoms with Crippen LogP contribution in [0.1, 0.15) is 19.8 Å². The Hall–Kier alpha value is -0.170. The number of rotatable bonds is 3. The summed E-state index contributed by atoms with van der Waals surface area (Å²) in [5, 5.41) is 0. The van der Waals surface area contributed by atoms with E-state index in [9.17, 15) is 8.42 Å². The van der Waals surface area contributed by atoms with Crippen LogP contribution >= 0.6 is 0 Å². The molecule has 0 aromatic rings. The molecule has 11 heavy (non-hydrogen) atoms. The summed E-state index contributed by atoms with van der Waals surface area (Å²) in [7, 11) is -3.67. The lowest BCUT2D eigenvalue weighted by atomic mass is 10.3. The van der Waals surface area contributed by atoms with E-state index in [0.717, 1.165) is 6.54 Å². The second kappa shape index (κ2) is 7.93. The van der Waals surface area contributed by atoms with Crippen LogP contribution in [0.2, 0.25) is 0 Å². The van der Waals surface area contributed by atoms with Crippen LogP contribution in [0, 0.1) is 0 Å². The quantitative estimate of drug-likeness (QED) is 0.243. The predicted molar refractivity (Wildman–Crippen MR) is 44.6 cm³/mol. The van der Waals surface area contributed by atoms with Crippen LogP contribution in [0.4, 0.5) is 0 Å². The third kappa shape index (κ3) is 75.2. The van der Waals surface area contributed by atoms with Crippen LogP contribution in [-0.4, -0.2) is 25.8 Å². The van der Waals surface area contributed by atoms with Gasteiger partial charge >= 0.3 is 0 Å². The van der Waals surface area contributed by atoms with Crippen molar-refractivity contribution >= 4 is 10.1 Å². The first-order valence-corrected chi connectivity index (χ1v) is 5.12. The van der Waals surface area contributed by atoms with Crippen molar-refractivity contribution in [2.24, 2.45) is 5.84 Å². The highest BCUT2D eigenvalue weighted by molar-refractivity contribution is 7.85. The maximum atomic E-state index is 9.19. The minimum Gasteiger partial charge on any atom is -0.286 e. The fourth-order valence-corrected chi connectivity index (χ4v) is 0.279. The molecule has 0 aliphatic heterocycles. The summed E-state index contributed by atoms with van der Waals surface area (Å²) >= 11 is 0. The highest BCUT2D eigenvalue weighted by atomic mass is 32.2. The summed E-state index contributed by atoms with van der Waals surface area (Å²) in [6.45, 7) is 3.08. The van der Waals surface area contributed by atoms with Gasteiger partial charge < -0.3 is 0 Å². The maximum Gasteiger partial charge on any atom is 0.261 e. The summed E-state index contributed by atoms with van der Waals surface area (Å²) in [6, 6.07) is 0. The SMILES string of the molecule is CCCCNN.CS(=O)(=O)O. The molecule has 4 N–H and O–H groups in total. The van der Waals surface area contributed by atoms with Gasteiger partial charge in [0.1, 0.15) is 0 Å². The van der Waals surface area contributed by atoms with Crippen molar-refractivity contribution in [2.45, 2.75) is 19.8 Å². The van der Waals surface area contributed by atoms with Gasteiger partial charge in [-0.05, 0) is 6.42 Å². The van der Waals surface area contributed by atoms with Gasteiger partial charge in [0.15, 0.2) is 0 Å². The third-order valence-electron chi connectivity index (χ3n) is 0.675. The zero-order valence-corrected chi connectivity index (χ0v) is 7.69. The molecule has 0 amide bonds. The monoisotopic (exact) mass is 184 g/mol. The van der Waals surface area contributed by atoms with Crippen molar-refractivity contribution in [3.05, 3.63) is 0 Å². The number of nitrogens with one attached hydrogen (secondary N) is 1. The molecule has 0 saturated carbocycles. The van der Waals surface area contributed by atoms with Crippen molar-refractivity contribution in [1.82, 2.24) is 5.43 Å². The number of hydrazine groups is 1. The molecular formula is C5H16N2O3S. The highest BCUT2D eigenvalue weighted by Crippen LogP contribution is 1.78. The molecule has 0 saturated heterocycles. The standard InChI is InChI=1S/C4H12N2.CH4O3S/c1-2-3-4-6-5;1-5(2,3)4/h6H,2-5H2,1H3;1H3,(H,2,3,4). The molecule has 0 aromatic carbocycles. The molecule has 0 rings (SSSR count). The minimum absolute atomic E-state index is 0.715. The van der Waals surface area contributed by atoms with E-state index in [4.69, 9.17) is 10.4 Å². The van der Waals surface area contributed by atoms with E-state index in [-0.39, 0.29) is 0 Å².